The van der Waals surface area contributed by atoms with Gasteiger partial charge in [0.15, 0.2) is 0 Å². The second kappa shape index (κ2) is 6.41. The van der Waals surface area contributed by atoms with E-state index in [-0.39, 0.29) is 0 Å². The summed E-state index contributed by atoms with van der Waals surface area (Å²) in [5.41, 5.74) is 2.67. The molecule has 1 aliphatic heterocycles. The zero-order valence-corrected chi connectivity index (χ0v) is 12.7. The minimum atomic E-state index is -0.854. The SMILES string of the molecule is O=C(O)c1ccc(-c2cccs2)c(CN2CCCCC2)c1. The first-order valence-corrected chi connectivity index (χ1v) is 8.24. The van der Waals surface area contributed by atoms with Crippen molar-refractivity contribution in [2.75, 3.05) is 13.1 Å². The van der Waals surface area contributed by atoms with Crippen LogP contribution in [-0.4, -0.2) is 29.1 Å². The van der Waals surface area contributed by atoms with E-state index in [1.165, 1.54) is 29.7 Å². The molecule has 1 N–H and O–H groups in total. The molecule has 0 saturated carbocycles. The van der Waals surface area contributed by atoms with Crippen LogP contribution < -0.4 is 0 Å². The summed E-state index contributed by atoms with van der Waals surface area (Å²) in [7, 11) is 0. The number of likely N-dealkylation sites (tertiary alicyclic amines) is 1. The average Bonchev–Trinajstić information content (AvgIpc) is 3.02. The molecule has 0 radical (unpaired) electrons. The largest absolute Gasteiger partial charge is 0.478 e. The van der Waals surface area contributed by atoms with Crippen LogP contribution in [0.15, 0.2) is 35.7 Å². The first-order valence-electron chi connectivity index (χ1n) is 7.36. The quantitative estimate of drug-likeness (QED) is 0.924. The van der Waals surface area contributed by atoms with Crippen LogP contribution in [0.4, 0.5) is 0 Å². The van der Waals surface area contributed by atoms with E-state index in [0.717, 1.165) is 25.2 Å². The molecule has 110 valence electrons. The zero-order valence-electron chi connectivity index (χ0n) is 11.9. The van der Waals surface area contributed by atoms with E-state index in [2.05, 4.69) is 16.3 Å². The van der Waals surface area contributed by atoms with E-state index < -0.39 is 5.97 Å². The maximum Gasteiger partial charge on any atom is 0.335 e. The van der Waals surface area contributed by atoms with Crippen LogP contribution in [0.3, 0.4) is 0 Å². The van der Waals surface area contributed by atoms with Gasteiger partial charge < -0.3 is 5.11 Å². The van der Waals surface area contributed by atoms with Crippen LogP contribution in [0.2, 0.25) is 0 Å². The lowest BCUT2D eigenvalue weighted by molar-refractivity contribution is 0.0696. The maximum atomic E-state index is 11.2. The Morgan fingerprint density at radius 2 is 2.00 bits per heavy atom. The molecule has 2 heterocycles. The maximum absolute atomic E-state index is 11.2. The second-order valence-corrected chi connectivity index (χ2v) is 6.44. The first kappa shape index (κ1) is 14.3. The van der Waals surface area contributed by atoms with Crippen molar-refractivity contribution < 1.29 is 9.90 Å². The summed E-state index contributed by atoms with van der Waals surface area (Å²) in [4.78, 5) is 14.9. The van der Waals surface area contributed by atoms with Crippen LogP contribution >= 0.6 is 11.3 Å². The molecule has 0 atom stereocenters. The average molecular weight is 301 g/mol. The summed E-state index contributed by atoms with van der Waals surface area (Å²) in [5.74, 6) is -0.854. The van der Waals surface area contributed by atoms with Crippen LogP contribution in [0.5, 0.6) is 0 Å². The van der Waals surface area contributed by atoms with Crippen LogP contribution in [-0.2, 0) is 6.54 Å². The number of rotatable bonds is 4. The highest BCUT2D eigenvalue weighted by Crippen LogP contribution is 2.30. The normalized spacial score (nSPS) is 16.0. The van der Waals surface area contributed by atoms with Gasteiger partial charge >= 0.3 is 5.97 Å². The van der Waals surface area contributed by atoms with Gasteiger partial charge in [0.05, 0.1) is 5.56 Å². The van der Waals surface area contributed by atoms with Crippen molar-refractivity contribution in [3.05, 3.63) is 46.8 Å². The van der Waals surface area contributed by atoms with Gasteiger partial charge in [0, 0.05) is 11.4 Å². The van der Waals surface area contributed by atoms with Gasteiger partial charge in [0.25, 0.3) is 0 Å². The minimum absolute atomic E-state index is 0.377. The molecule has 0 amide bonds. The summed E-state index contributed by atoms with van der Waals surface area (Å²) in [6.45, 7) is 3.07. The number of thiophene rings is 1. The summed E-state index contributed by atoms with van der Waals surface area (Å²) >= 11 is 1.70. The van der Waals surface area contributed by atoms with Crippen molar-refractivity contribution in [2.45, 2.75) is 25.8 Å². The van der Waals surface area contributed by atoms with Crippen LogP contribution in [0.25, 0.3) is 10.4 Å². The number of carbonyl (C=O) groups is 1. The fourth-order valence-electron chi connectivity index (χ4n) is 2.89. The van der Waals surface area contributed by atoms with Crippen LogP contribution in [0, 0.1) is 0 Å². The minimum Gasteiger partial charge on any atom is -0.478 e. The number of benzene rings is 1. The molecule has 3 nitrogen and oxygen atoms in total. The van der Waals surface area contributed by atoms with Crippen molar-refractivity contribution in [1.82, 2.24) is 4.90 Å². The molecule has 0 spiro atoms. The molecule has 0 unspecified atom stereocenters. The Labute approximate surface area is 128 Å². The Kier molecular flexibility index (Phi) is 4.36. The third kappa shape index (κ3) is 3.34. The number of carboxylic acid groups (broad SMARTS) is 1. The topological polar surface area (TPSA) is 40.5 Å². The van der Waals surface area contributed by atoms with Gasteiger partial charge in [-0.2, -0.15) is 0 Å². The van der Waals surface area contributed by atoms with Gasteiger partial charge in [-0.25, -0.2) is 4.79 Å². The highest BCUT2D eigenvalue weighted by atomic mass is 32.1. The molecular formula is C17H19NO2S. The van der Waals surface area contributed by atoms with Gasteiger partial charge in [0.2, 0.25) is 0 Å². The summed E-state index contributed by atoms with van der Waals surface area (Å²) in [6.07, 6.45) is 3.80. The molecule has 21 heavy (non-hydrogen) atoms. The van der Waals surface area contributed by atoms with E-state index in [9.17, 15) is 9.90 Å². The molecule has 2 aromatic rings. The fraction of sp³-hybridized carbons (Fsp3) is 0.353. The van der Waals surface area contributed by atoms with Gasteiger partial charge in [0.1, 0.15) is 0 Å². The van der Waals surface area contributed by atoms with Gasteiger partial charge in [-0.15, -0.1) is 11.3 Å². The Hall–Kier alpha value is -1.65. The van der Waals surface area contributed by atoms with Crippen LogP contribution in [0.1, 0.15) is 35.2 Å². The zero-order chi connectivity index (χ0) is 14.7. The molecule has 1 saturated heterocycles. The van der Waals surface area contributed by atoms with E-state index in [1.54, 1.807) is 17.4 Å². The van der Waals surface area contributed by atoms with Crippen molar-refractivity contribution in [3.8, 4) is 10.4 Å². The Morgan fingerprint density at radius 1 is 1.19 bits per heavy atom. The highest BCUT2D eigenvalue weighted by molar-refractivity contribution is 7.13. The van der Waals surface area contributed by atoms with E-state index in [0.29, 0.717) is 5.56 Å². The Balaban J connectivity index is 1.93. The number of hydrogen-bond acceptors (Lipinski definition) is 3. The summed E-state index contributed by atoms with van der Waals surface area (Å²) in [5, 5.41) is 11.3. The van der Waals surface area contributed by atoms with Gasteiger partial charge in [-0.3, -0.25) is 4.90 Å². The monoisotopic (exact) mass is 301 g/mol. The lowest BCUT2D eigenvalue weighted by Gasteiger charge is -2.27. The molecule has 3 rings (SSSR count). The lowest BCUT2D eigenvalue weighted by atomic mass is 10.0. The van der Waals surface area contributed by atoms with Gasteiger partial charge in [-0.1, -0.05) is 18.6 Å². The number of piperidine rings is 1. The van der Waals surface area contributed by atoms with E-state index in [1.807, 2.05) is 18.2 Å². The third-order valence-corrected chi connectivity index (χ3v) is 4.88. The fourth-order valence-corrected chi connectivity index (χ4v) is 3.68. The molecule has 0 aliphatic carbocycles. The van der Waals surface area contributed by atoms with Crippen molar-refractivity contribution in [3.63, 3.8) is 0 Å². The second-order valence-electron chi connectivity index (χ2n) is 5.49. The number of aromatic carboxylic acids is 1. The Morgan fingerprint density at radius 3 is 2.67 bits per heavy atom. The molecule has 4 heteroatoms. The van der Waals surface area contributed by atoms with Gasteiger partial charge in [-0.05, 0) is 60.6 Å². The third-order valence-electron chi connectivity index (χ3n) is 3.98. The summed E-state index contributed by atoms with van der Waals surface area (Å²) in [6, 6.07) is 9.63. The van der Waals surface area contributed by atoms with Crippen molar-refractivity contribution in [1.29, 1.82) is 0 Å². The molecule has 1 fully saturated rings. The molecular weight excluding hydrogens is 282 g/mol. The molecule has 1 aromatic heterocycles. The molecule has 1 aliphatic rings. The number of carboxylic acids is 1. The predicted octanol–water partition coefficient (Wildman–Crippen LogP) is 4.10. The number of hydrogen-bond donors (Lipinski definition) is 1. The lowest BCUT2D eigenvalue weighted by Crippen LogP contribution is -2.29. The highest BCUT2D eigenvalue weighted by Gasteiger charge is 2.15. The first-order chi connectivity index (χ1) is 10.2. The molecule has 0 bridgehead atoms. The van der Waals surface area contributed by atoms with Crippen molar-refractivity contribution in [2.24, 2.45) is 0 Å². The van der Waals surface area contributed by atoms with E-state index in [4.69, 9.17) is 0 Å². The Bertz CT molecular complexity index is 616. The number of nitrogens with zero attached hydrogens (tertiary/aromatic N) is 1. The smallest absolute Gasteiger partial charge is 0.335 e. The summed E-state index contributed by atoms with van der Waals surface area (Å²) < 4.78 is 0. The van der Waals surface area contributed by atoms with Crippen molar-refractivity contribution >= 4 is 17.3 Å². The predicted molar refractivity (Wildman–Crippen MR) is 85.8 cm³/mol. The van der Waals surface area contributed by atoms with E-state index >= 15 is 0 Å². The molecule has 1 aromatic carbocycles. The standard InChI is InChI=1S/C17H19NO2S/c19-17(20)13-6-7-15(16-5-4-10-21-16)14(11-13)12-18-8-2-1-3-9-18/h4-7,10-11H,1-3,8-9,12H2,(H,19,20).